The summed E-state index contributed by atoms with van der Waals surface area (Å²) in [4.78, 5) is 15.3. The lowest BCUT2D eigenvalue weighted by molar-refractivity contribution is 0.794. The zero-order valence-corrected chi connectivity index (χ0v) is 29.2. The fourth-order valence-electron chi connectivity index (χ4n) is 9.08. The molecule has 1 aromatic heterocycles. The minimum absolute atomic E-state index is 0.475. The molecule has 1 spiro atoms. The van der Waals surface area contributed by atoms with Crippen LogP contribution in [0.3, 0.4) is 0 Å². The van der Waals surface area contributed by atoms with Crippen molar-refractivity contribution in [3.63, 3.8) is 0 Å². The molecule has 0 saturated carbocycles. The Balaban J connectivity index is 1.19. The first-order valence-corrected chi connectivity index (χ1v) is 18.3. The summed E-state index contributed by atoms with van der Waals surface area (Å²) in [6.07, 6.45) is 0. The molecule has 0 radical (unpaired) electrons. The molecule has 1 heterocycles. The molecule has 0 unspecified atom stereocenters. The van der Waals surface area contributed by atoms with Crippen LogP contribution < -0.4 is 5.73 Å². The number of nitrogens with two attached hydrogens (primary N) is 1. The van der Waals surface area contributed by atoms with Crippen LogP contribution in [-0.4, -0.2) is 15.0 Å². The molecule has 2 aliphatic rings. The molecule has 4 heteroatoms. The zero-order valence-electron chi connectivity index (χ0n) is 29.2. The molecule has 252 valence electrons. The average Bonchev–Trinajstić information content (AvgIpc) is 3.71. The number of fused-ring (bicyclic) bond motifs is 11. The van der Waals surface area contributed by atoms with Crippen molar-refractivity contribution in [2.24, 2.45) is 0 Å². The fraction of sp³-hybridized carbons (Fsp3) is 0.0200. The van der Waals surface area contributed by atoms with Gasteiger partial charge in [-0.25, -0.2) is 15.0 Å². The molecule has 54 heavy (non-hydrogen) atoms. The molecular weight excluding hydrogens is 657 g/mol. The van der Waals surface area contributed by atoms with Gasteiger partial charge >= 0.3 is 0 Å². The van der Waals surface area contributed by atoms with Gasteiger partial charge in [0, 0.05) is 33.5 Å². The van der Waals surface area contributed by atoms with Crippen molar-refractivity contribution in [1.82, 2.24) is 15.0 Å². The van der Waals surface area contributed by atoms with E-state index in [2.05, 4.69) is 115 Å². The summed E-state index contributed by atoms with van der Waals surface area (Å²) in [6.45, 7) is 0. The van der Waals surface area contributed by atoms with Crippen LogP contribution in [0.4, 0.5) is 5.69 Å². The van der Waals surface area contributed by atoms with Crippen molar-refractivity contribution in [1.29, 1.82) is 0 Å². The number of aromatic nitrogens is 3. The van der Waals surface area contributed by atoms with E-state index >= 15 is 0 Å². The largest absolute Gasteiger partial charge is 0.398 e. The molecule has 11 rings (SSSR count). The van der Waals surface area contributed by atoms with Gasteiger partial charge in [0.15, 0.2) is 17.5 Å². The lowest BCUT2D eigenvalue weighted by Crippen LogP contribution is -2.25. The summed E-state index contributed by atoms with van der Waals surface area (Å²) < 4.78 is 0. The van der Waals surface area contributed by atoms with E-state index in [-0.39, 0.29) is 0 Å². The highest BCUT2D eigenvalue weighted by Crippen LogP contribution is 2.64. The first-order valence-electron chi connectivity index (χ1n) is 18.3. The third-order valence-corrected chi connectivity index (χ3v) is 11.3. The maximum absolute atomic E-state index is 6.99. The standard InChI is InChI=1S/C50H32N4/c51-44-25-13-24-43-46(44)39-30-34(27-29-42(39)50(43)40-22-11-9-20-36(40)37-21-10-12-23-41(37)50)45-35-19-8-7-14-31(35)26-28-38(45)49-53-47(32-15-3-1-4-16-32)52-48(54-49)33-17-5-2-6-18-33/h1-30H,51H2. The second kappa shape index (κ2) is 11.7. The summed E-state index contributed by atoms with van der Waals surface area (Å²) in [5.41, 5.74) is 22.1. The van der Waals surface area contributed by atoms with Crippen molar-refractivity contribution in [2.45, 2.75) is 5.41 Å². The van der Waals surface area contributed by atoms with Gasteiger partial charge in [-0.15, -0.1) is 0 Å². The molecule has 0 amide bonds. The topological polar surface area (TPSA) is 64.7 Å². The van der Waals surface area contributed by atoms with Crippen LogP contribution in [0.2, 0.25) is 0 Å². The monoisotopic (exact) mass is 688 g/mol. The molecular formula is C50H32N4. The van der Waals surface area contributed by atoms with Gasteiger partial charge in [0.2, 0.25) is 0 Å². The molecule has 9 aromatic rings. The van der Waals surface area contributed by atoms with Crippen LogP contribution in [0.1, 0.15) is 22.3 Å². The molecule has 8 aromatic carbocycles. The van der Waals surface area contributed by atoms with Crippen LogP contribution >= 0.6 is 0 Å². The Morgan fingerprint density at radius 3 is 1.59 bits per heavy atom. The molecule has 0 atom stereocenters. The van der Waals surface area contributed by atoms with E-state index in [1.807, 2.05) is 66.7 Å². The van der Waals surface area contributed by atoms with Crippen molar-refractivity contribution < 1.29 is 0 Å². The molecule has 0 aliphatic heterocycles. The number of benzene rings is 8. The minimum Gasteiger partial charge on any atom is -0.398 e. The zero-order chi connectivity index (χ0) is 35.8. The molecule has 4 nitrogen and oxygen atoms in total. The highest BCUT2D eigenvalue weighted by atomic mass is 15.0. The van der Waals surface area contributed by atoms with Gasteiger partial charge in [-0.3, -0.25) is 0 Å². The third-order valence-electron chi connectivity index (χ3n) is 11.3. The lowest BCUT2D eigenvalue weighted by Gasteiger charge is -2.30. The second-order valence-electron chi connectivity index (χ2n) is 14.1. The van der Waals surface area contributed by atoms with E-state index in [9.17, 15) is 0 Å². The number of rotatable bonds is 4. The normalized spacial score (nSPS) is 13.0. The Morgan fingerprint density at radius 1 is 0.352 bits per heavy atom. The van der Waals surface area contributed by atoms with Gasteiger partial charge in [-0.1, -0.05) is 164 Å². The van der Waals surface area contributed by atoms with Gasteiger partial charge in [-0.05, 0) is 73.5 Å². The summed E-state index contributed by atoms with van der Waals surface area (Å²) in [5, 5.41) is 2.27. The van der Waals surface area contributed by atoms with Crippen molar-refractivity contribution in [3.05, 3.63) is 204 Å². The minimum atomic E-state index is -0.475. The fourth-order valence-corrected chi connectivity index (χ4v) is 9.08. The summed E-state index contributed by atoms with van der Waals surface area (Å²) >= 11 is 0. The molecule has 0 fully saturated rings. The van der Waals surface area contributed by atoms with E-state index in [0.717, 1.165) is 55.4 Å². The smallest absolute Gasteiger partial charge is 0.164 e. The van der Waals surface area contributed by atoms with E-state index in [0.29, 0.717) is 17.5 Å². The highest BCUT2D eigenvalue weighted by molar-refractivity contribution is 6.06. The van der Waals surface area contributed by atoms with Crippen LogP contribution in [0, 0.1) is 0 Å². The summed E-state index contributed by atoms with van der Waals surface area (Å²) in [7, 11) is 0. The number of nitrogens with zero attached hydrogens (tertiary/aromatic N) is 3. The second-order valence-corrected chi connectivity index (χ2v) is 14.1. The number of hydrogen-bond donors (Lipinski definition) is 1. The Hall–Kier alpha value is -7.17. The lowest BCUT2D eigenvalue weighted by atomic mass is 9.70. The van der Waals surface area contributed by atoms with Crippen LogP contribution in [-0.2, 0) is 5.41 Å². The van der Waals surface area contributed by atoms with Crippen molar-refractivity contribution in [3.8, 4) is 67.5 Å². The predicted octanol–water partition coefficient (Wildman–Crippen LogP) is 11.6. The van der Waals surface area contributed by atoms with Crippen molar-refractivity contribution >= 4 is 16.5 Å². The Kier molecular flexibility index (Phi) is 6.58. The van der Waals surface area contributed by atoms with Gasteiger partial charge in [0.1, 0.15) is 0 Å². The van der Waals surface area contributed by atoms with Gasteiger partial charge in [-0.2, -0.15) is 0 Å². The van der Waals surface area contributed by atoms with Gasteiger partial charge < -0.3 is 5.73 Å². The molecule has 2 aliphatic carbocycles. The number of nitrogen functional groups attached to an aromatic ring is 1. The quantitative estimate of drug-likeness (QED) is 0.187. The summed E-state index contributed by atoms with van der Waals surface area (Å²) in [6, 6.07) is 64.3. The SMILES string of the molecule is Nc1cccc2c1-c1cc(-c3c(-c4nc(-c5ccccc5)nc(-c5ccccc5)n4)ccc4ccccc34)ccc1C21c2ccccc2-c2ccccc21. The molecule has 2 N–H and O–H groups in total. The van der Waals surface area contributed by atoms with Crippen molar-refractivity contribution in [2.75, 3.05) is 5.73 Å². The predicted molar refractivity (Wildman–Crippen MR) is 220 cm³/mol. The van der Waals surface area contributed by atoms with Gasteiger partial charge in [0.05, 0.1) is 5.41 Å². The van der Waals surface area contributed by atoms with E-state index in [1.165, 1.54) is 33.4 Å². The van der Waals surface area contributed by atoms with Gasteiger partial charge in [0.25, 0.3) is 0 Å². The Labute approximate surface area is 313 Å². The highest BCUT2D eigenvalue weighted by Gasteiger charge is 2.52. The summed E-state index contributed by atoms with van der Waals surface area (Å²) in [5.74, 6) is 1.89. The molecule has 0 bridgehead atoms. The van der Waals surface area contributed by atoms with E-state index in [1.54, 1.807) is 0 Å². The average molecular weight is 689 g/mol. The number of anilines is 1. The number of hydrogen-bond acceptors (Lipinski definition) is 4. The Morgan fingerprint density at radius 2 is 0.907 bits per heavy atom. The third kappa shape index (κ3) is 4.28. The van der Waals surface area contributed by atoms with Crippen LogP contribution in [0.25, 0.3) is 78.3 Å². The van der Waals surface area contributed by atoms with E-state index in [4.69, 9.17) is 20.7 Å². The van der Waals surface area contributed by atoms with Crippen LogP contribution in [0.5, 0.6) is 0 Å². The maximum Gasteiger partial charge on any atom is 0.164 e. The van der Waals surface area contributed by atoms with E-state index < -0.39 is 5.41 Å². The maximum atomic E-state index is 6.99. The first-order chi connectivity index (χ1) is 26.7. The first kappa shape index (κ1) is 30.5. The Bertz CT molecular complexity index is 2850. The molecule has 0 saturated heterocycles. The van der Waals surface area contributed by atoms with Crippen LogP contribution in [0.15, 0.2) is 182 Å².